The van der Waals surface area contributed by atoms with E-state index in [1.165, 1.54) is 101 Å². The first kappa shape index (κ1) is 97.7. The fourth-order valence-corrected chi connectivity index (χ4v) is 11.3. The Morgan fingerprint density at radius 3 is 0.716 bits per heavy atom. The van der Waals surface area contributed by atoms with Gasteiger partial charge in [0, 0.05) is 37.2 Å². The topological polar surface area (TPSA) is 42.3 Å². The van der Waals surface area contributed by atoms with Gasteiger partial charge in [-0.3, -0.25) is 28.3 Å². The van der Waals surface area contributed by atoms with Crippen LogP contribution in [0, 0.1) is 54.2 Å². The molecule has 6 aromatic carbocycles. The average molecular weight is 1920 g/mol. The molecule has 0 atom stereocenters. The van der Waals surface area contributed by atoms with Crippen LogP contribution in [0.1, 0.15) is 236 Å². The van der Waals surface area contributed by atoms with Gasteiger partial charge in [0.25, 0.3) is 12.7 Å². The zero-order valence-corrected chi connectivity index (χ0v) is 71.1. The third-order valence-electron chi connectivity index (χ3n) is 15.2. The molecule has 6 nitrogen and oxygen atoms in total. The predicted molar refractivity (Wildman–Crippen MR) is 403 cm³/mol. The quantitative estimate of drug-likeness (QED) is 0.0187. The fraction of sp³-hybridized carbons (Fsp3) is 0.421. The molecule has 0 radical (unpaired) electrons. The van der Waals surface area contributed by atoms with Gasteiger partial charge in [0.15, 0.2) is 0 Å². The van der Waals surface area contributed by atoms with Crippen molar-refractivity contribution in [2.75, 3.05) is 10.7 Å². The molecule has 578 valence electrons. The molecule has 2 aromatic heterocycles. The summed E-state index contributed by atoms with van der Waals surface area (Å²) in [5, 5.41) is 0.389. The van der Waals surface area contributed by atoms with Crippen LogP contribution in [0.25, 0.3) is 22.7 Å². The molecule has 0 saturated heterocycles. The number of aryl methyl sites for hydroxylation is 6. The molecule has 26 heteroatoms. The molecule has 0 aliphatic carbocycles. The van der Waals surface area contributed by atoms with E-state index in [1.54, 1.807) is 12.4 Å². The summed E-state index contributed by atoms with van der Waals surface area (Å²) in [4.78, 5) is 9.13. The third kappa shape index (κ3) is 35.0. The molecular weight excluding hydrogens is 1820 g/mol. The molecular formula is C76H100Au2Cl4F12N6P2. The minimum Gasteiger partial charge on any atom is 1.00 e. The molecule has 102 heavy (non-hydrogen) atoms. The Morgan fingerprint density at radius 2 is 0.539 bits per heavy atom. The van der Waals surface area contributed by atoms with Gasteiger partial charge in [0.2, 0.25) is 0 Å². The van der Waals surface area contributed by atoms with Gasteiger partial charge < -0.3 is 0 Å². The number of para-hydroxylation sites is 4. The second-order valence-corrected chi connectivity index (χ2v) is 32.3. The Hall–Kier alpha value is -4.26. The number of aliphatic imine (C=N–C) groups is 2. The van der Waals surface area contributed by atoms with E-state index in [4.69, 9.17) is 46.4 Å². The van der Waals surface area contributed by atoms with Crippen molar-refractivity contribution < 1.29 is 104 Å². The van der Waals surface area contributed by atoms with Crippen molar-refractivity contribution in [3.63, 3.8) is 0 Å². The zero-order chi connectivity index (χ0) is 77.1. The first-order valence-electron chi connectivity index (χ1n) is 32.7. The summed E-state index contributed by atoms with van der Waals surface area (Å²) in [7, 11) is -21.3. The van der Waals surface area contributed by atoms with Crippen molar-refractivity contribution in [3.8, 4) is 22.7 Å². The molecule has 0 amide bonds. The monoisotopic (exact) mass is 1920 g/mol. The van der Waals surface area contributed by atoms with Crippen molar-refractivity contribution in [1.82, 2.24) is 9.13 Å². The van der Waals surface area contributed by atoms with Gasteiger partial charge in [-0.2, -0.15) is 0 Å². The Labute approximate surface area is 649 Å². The summed E-state index contributed by atoms with van der Waals surface area (Å²) < 4.78 is 127. The molecule has 0 N–H and O–H groups in total. The van der Waals surface area contributed by atoms with Crippen LogP contribution in [0.15, 0.2) is 132 Å². The number of benzene rings is 6. The molecule has 0 fully saturated rings. The van der Waals surface area contributed by atoms with E-state index < -0.39 is 15.6 Å². The largest absolute Gasteiger partial charge is 1.00 e. The van der Waals surface area contributed by atoms with Crippen LogP contribution in [-0.4, -0.2) is 32.2 Å². The van der Waals surface area contributed by atoms with E-state index in [0.29, 0.717) is 47.3 Å². The van der Waals surface area contributed by atoms with E-state index in [1.807, 2.05) is 0 Å². The van der Waals surface area contributed by atoms with E-state index in [2.05, 4.69) is 315 Å². The molecule has 2 heterocycles. The summed E-state index contributed by atoms with van der Waals surface area (Å²) in [6.07, 6.45) is 19.5. The normalized spacial score (nSPS) is 12.9. The third-order valence-corrected chi connectivity index (χ3v) is 15.2. The summed E-state index contributed by atoms with van der Waals surface area (Å²) in [5.74, 6) is 3.68. The van der Waals surface area contributed by atoms with Crippen molar-refractivity contribution >= 4 is 85.8 Å². The second kappa shape index (κ2) is 39.5. The van der Waals surface area contributed by atoms with E-state index in [-0.39, 0.29) is 55.4 Å². The minimum atomic E-state index is -10.7. The maximum Gasteiger partial charge on any atom is 1.00 e. The van der Waals surface area contributed by atoms with Gasteiger partial charge in [-0.25, -0.2) is 0 Å². The maximum absolute atomic E-state index is 10.7. The number of alkyl halides is 4. The maximum atomic E-state index is 9.87. The van der Waals surface area contributed by atoms with E-state index in [9.17, 15) is 50.4 Å². The SMILES string of the molecule is CC(C)c1cccc(C(C)C)c1-n1[c-][n+](-c2c(C(C)C)cccc2C(C)C)cc1.CC(C)c1cccc(C(C)C)c1-n1[c-][n+](-c2c(C(C)C)cccc2C(C)C)cc1.Cc1cc(C)c(N=CC=Nc2c(C)cc(C)cc2C)c(C)c1.ClCCl.ClCCl.F[P-](F)(F)(F)(F)F.F[P-](F)(F)(F)(F)F.[Au+].[Au+]. The molecule has 0 aliphatic heterocycles. The summed E-state index contributed by atoms with van der Waals surface area (Å²) in [5.41, 5.74) is 25.5. The minimum absolute atomic E-state index is 0. The van der Waals surface area contributed by atoms with Crippen LogP contribution in [-0.2, 0) is 44.8 Å². The van der Waals surface area contributed by atoms with Gasteiger partial charge in [0.1, 0.15) is 0 Å². The number of halogens is 16. The number of nitrogens with zero attached hydrogens (tertiary/aromatic N) is 6. The van der Waals surface area contributed by atoms with Gasteiger partial charge in [-0.15, -0.1) is 46.4 Å². The summed E-state index contributed by atoms with van der Waals surface area (Å²) in [6.45, 7) is 48.9. The van der Waals surface area contributed by atoms with Gasteiger partial charge in [-0.05, 0) is 156 Å². The van der Waals surface area contributed by atoms with Crippen LogP contribution < -0.4 is 9.13 Å². The fourth-order valence-electron chi connectivity index (χ4n) is 11.3. The number of aromatic nitrogens is 4. The molecule has 0 unspecified atom stereocenters. The molecule has 8 aromatic rings. The molecule has 8 rings (SSSR count). The standard InChI is InChI=1S/2C27H36N2.C20H24N2.2CH2Cl2.2Au.2F6P/c2*1-18(2)22-11-9-12-23(19(3)4)26(22)28-15-16-29(17-28)27-24(20(5)6)13-10-14-25(27)21(7)8;1-13-9-15(3)19(16(4)10-13)21-7-8-22-20-17(5)11-14(2)12-18(20)6;2*2-1-3;;;2*1-7(2,3,4,5)6/h2*9-16,18-21H,1-8H3;7-12H,1-6H3;2*1H2;;;;/q;;;;;2*+1;2*-1. The first-order valence-corrected chi connectivity index (χ1v) is 38.9. The van der Waals surface area contributed by atoms with Crippen molar-refractivity contribution in [3.05, 3.63) is 212 Å². The summed E-state index contributed by atoms with van der Waals surface area (Å²) >= 11 is 19.1. The van der Waals surface area contributed by atoms with E-state index >= 15 is 0 Å². The Bertz CT molecular complexity index is 3440. The van der Waals surface area contributed by atoms with Gasteiger partial charge in [0.05, 0.1) is 44.8 Å². The van der Waals surface area contributed by atoms with Gasteiger partial charge in [-0.1, -0.05) is 219 Å². The number of hydrogen-bond donors (Lipinski definition) is 0. The number of rotatable bonds is 15. The second-order valence-electron chi connectivity index (χ2n) is 26.8. The number of imidazole rings is 2. The van der Waals surface area contributed by atoms with Crippen LogP contribution in [0.5, 0.6) is 0 Å². The van der Waals surface area contributed by atoms with E-state index in [0.717, 1.165) is 11.4 Å². The summed E-state index contributed by atoms with van der Waals surface area (Å²) in [6, 6.07) is 35.4. The van der Waals surface area contributed by atoms with Crippen molar-refractivity contribution in [2.45, 2.75) is 200 Å². The smallest absolute Gasteiger partial charge is 1.00 e. The first-order chi connectivity index (χ1) is 45.5. The Morgan fingerprint density at radius 1 is 0.363 bits per heavy atom. The average Bonchev–Trinajstić information content (AvgIpc) is 1.65. The van der Waals surface area contributed by atoms with Crippen LogP contribution in [0.2, 0.25) is 0 Å². The molecule has 0 spiro atoms. The molecule has 0 aliphatic rings. The Kier molecular flexibility index (Phi) is 37.9. The van der Waals surface area contributed by atoms with Crippen molar-refractivity contribution in [1.29, 1.82) is 0 Å². The van der Waals surface area contributed by atoms with Crippen LogP contribution in [0.4, 0.5) is 61.7 Å². The van der Waals surface area contributed by atoms with Gasteiger partial charge >= 0.3 is 111 Å². The molecule has 0 bridgehead atoms. The molecule has 0 saturated carbocycles. The number of hydrogen-bond acceptors (Lipinski definition) is 2. The zero-order valence-electron chi connectivity index (χ0n) is 62.0. The Balaban J connectivity index is 0.00000132. The van der Waals surface area contributed by atoms with Crippen LogP contribution >= 0.6 is 62.0 Å². The van der Waals surface area contributed by atoms with Crippen molar-refractivity contribution in [2.24, 2.45) is 9.98 Å². The predicted octanol–water partition coefficient (Wildman–Crippen LogP) is 29.3. The van der Waals surface area contributed by atoms with Crippen LogP contribution in [0.3, 0.4) is 0 Å².